The number of ether oxygens (including phenoxy) is 1. The van der Waals surface area contributed by atoms with E-state index in [9.17, 15) is 14.4 Å². The first-order valence-corrected chi connectivity index (χ1v) is 13.5. The van der Waals surface area contributed by atoms with E-state index in [0.29, 0.717) is 17.5 Å². The van der Waals surface area contributed by atoms with E-state index in [2.05, 4.69) is 22.3 Å². The number of nitrogens with zero attached hydrogens (tertiary/aromatic N) is 2. The van der Waals surface area contributed by atoms with Crippen molar-refractivity contribution in [2.45, 2.75) is 50.7 Å². The summed E-state index contributed by atoms with van der Waals surface area (Å²) in [5.74, 6) is 0.170. The molecule has 3 aromatic rings. The summed E-state index contributed by atoms with van der Waals surface area (Å²) in [5, 5.41) is 2.31. The van der Waals surface area contributed by atoms with Crippen molar-refractivity contribution in [1.29, 1.82) is 0 Å². The van der Waals surface area contributed by atoms with Crippen LogP contribution in [0.4, 0.5) is 4.39 Å². The summed E-state index contributed by atoms with van der Waals surface area (Å²) in [6.07, 6.45) is 2.12. The van der Waals surface area contributed by atoms with E-state index in [1.54, 1.807) is 0 Å². The number of hydrogen-bond donors (Lipinski definition) is 1. The Morgan fingerprint density at radius 3 is 2.44 bits per heavy atom. The van der Waals surface area contributed by atoms with E-state index in [1.165, 1.54) is 11.0 Å². The lowest BCUT2D eigenvalue weighted by Crippen LogP contribution is -2.52. The minimum Gasteiger partial charge on any atom is -0.457 e. The molecule has 3 aromatic carbocycles. The highest BCUT2D eigenvalue weighted by atomic mass is 19.1. The summed E-state index contributed by atoms with van der Waals surface area (Å²) in [7, 11) is 0. The fourth-order valence-corrected chi connectivity index (χ4v) is 5.91. The van der Waals surface area contributed by atoms with E-state index < -0.39 is 11.9 Å². The molecule has 0 saturated carbocycles. The van der Waals surface area contributed by atoms with E-state index in [-0.39, 0.29) is 36.5 Å². The third-order valence-electron chi connectivity index (χ3n) is 7.95. The predicted molar refractivity (Wildman–Crippen MR) is 143 cm³/mol. The molecular formula is C31H30FN3O4. The van der Waals surface area contributed by atoms with Crippen molar-refractivity contribution in [3.05, 3.63) is 94.8 Å². The van der Waals surface area contributed by atoms with Gasteiger partial charge in [0.25, 0.3) is 5.91 Å². The van der Waals surface area contributed by atoms with Crippen molar-refractivity contribution >= 4 is 17.7 Å². The molecule has 7 nitrogen and oxygen atoms in total. The van der Waals surface area contributed by atoms with Crippen LogP contribution < -0.4 is 10.1 Å². The Bertz CT molecular complexity index is 1420. The molecule has 0 aromatic heterocycles. The van der Waals surface area contributed by atoms with Gasteiger partial charge in [0.15, 0.2) is 0 Å². The molecular weight excluding hydrogens is 497 g/mol. The maximum absolute atomic E-state index is 15.2. The van der Waals surface area contributed by atoms with Gasteiger partial charge in [-0.15, -0.1) is 0 Å². The van der Waals surface area contributed by atoms with Crippen molar-refractivity contribution in [2.24, 2.45) is 0 Å². The highest BCUT2D eigenvalue weighted by Crippen LogP contribution is 2.36. The van der Waals surface area contributed by atoms with Crippen LogP contribution in [0.25, 0.3) is 0 Å². The molecule has 3 aliphatic heterocycles. The van der Waals surface area contributed by atoms with Gasteiger partial charge in [-0.1, -0.05) is 36.4 Å². The highest BCUT2D eigenvalue weighted by Gasteiger charge is 2.40. The Hall–Kier alpha value is -4.04. The zero-order valence-electron chi connectivity index (χ0n) is 21.6. The number of benzene rings is 3. The lowest BCUT2D eigenvalue weighted by atomic mass is 9.87. The lowest BCUT2D eigenvalue weighted by molar-refractivity contribution is -0.136. The van der Waals surface area contributed by atoms with Crippen LogP contribution in [-0.4, -0.2) is 46.7 Å². The average molecular weight is 528 g/mol. The molecule has 2 fully saturated rings. The number of amides is 3. The summed E-state index contributed by atoms with van der Waals surface area (Å²) in [6, 6.07) is 20.3. The average Bonchev–Trinajstić information content (AvgIpc) is 3.24. The second-order valence-electron chi connectivity index (χ2n) is 10.5. The Labute approximate surface area is 226 Å². The number of likely N-dealkylation sites (tertiary alicyclic amines) is 1. The monoisotopic (exact) mass is 527 g/mol. The third-order valence-corrected chi connectivity index (χ3v) is 7.95. The number of nitrogens with one attached hydrogen (secondary N) is 1. The molecule has 200 valence electrons. The van der Waals surface area contributed by atoms with Gasteiger partial charge < -0.3 is 9.64 Å². The highest BCUT2D eigenvalue weighted by molar-refractivity contribution is 6.05. The van der Waals surface area contributed by atoms with E-state index in [0.717, 1.165) is 55.1 Å². The van der Waals surface area contributed by atoms with Gasteiger partial charge >= 0.3 is 0 Å². The second-order valence-corrected chi connectivity index (χ2v) is 10.5. The van der Waals surface area contributed by atoms with Crippen LogP contribution in [0, 0.1) is 5.82 Å². The number of hydrogen-bond acceptors (Lipinski definition) is 5. The Balaban J connectivity index is 1.09. The Kier molecular flexibility index (Phi) is 6.87. The van der Waals surface area contributed by atoms with Gasteiger partial charge in [0, 0.05) is 25.1 Å². The molecule has 3 aliphatic rings. The number of rotatable bonds is 6. The normalized spacial score (nSPS) is 20.2. The first kappa shape index (κ1) is 25.2. The maximum Gasteiger partial charge on any atom is 0.255 e. The summed E-state index contributed by atoms with van der Waals surface area (Å²) >= 11 is 0. The summed E-state index contributed by atoms with van der Waals surface area (Å²) in [6.45, 7) is 2.73. The predicted octanol–water partition coefficient (Wildman–Crippen LogP) is 4.76. The van der Waals surface area contributed by atoms with Crippen LogP contribution in [0.1, 0.15) is 58.6 Å². The number of fused-ring (bicyclic) bond motifs is 1. The topological polar surface area (TPSA) is 79.0 Å². The maximum atomic E-state index is 15.2. The van der Waals surface area contributed by atoms with E-state index in [1.807, 2.05) is 48.5 Å². The molecule has 0 spiro atoms. The van der Waals surface area contributed by atoms with Gasteiger partial charge in [-0.3, -0.25) is 24.6 Å². The minimum absolute atomic E-state index is 0.0686. The molecule has 1 atom stereocenters. The van der Waals surface area contributed by atoms with Crippen LogP contribution in [0.2, 0.25) is 0 Å². The smallest absolute Gasteiger partial charge is 0.255 e. The standard InChI is InChI=1S/C31H30FN3O4/c32-27-17-26-22(19-35(31(26)38)28-9-10-29(36)33-30(28)37)16-25(27)21-11-13-34(14-12-21)18-20-5-4-8-24(15-20)39-23-6-2-1-3-7-23/h1-8,15-17,21,28H,9-14,18-19H2,(H,33,36,37). The van der Waals surface area contributed by atoms with Crippen molar-refractivity contribution in [1.82, 2.24) is 15.1 Å². The van der Waals surface area contributed by atoms with E-state index in [4.69, 9.17) is 4.74 Å². The molecule has 6 rings (SSSR count). The lowest BCUT2D eigenvalue weighted by Gasteiger charge is -2.32. The third kappa shape index (κ3) is 5.29. The molecule has 3 amide bonds. The minimum atomic E-state index is -0.700. The van der Waals surface area contributed by atoms with Gasteiger partial charge in [0.05, 0.1) is 0 Å². The van der Waals surface area contributed by atoms with Crippen LogP contribution in [0.3, 0.4) is 0 Å². The van der Waals surface area contributed by atoms with Crippen molar-refractivity contribution in [2.75, 3.05) is 13.1 Å². The zero-order valence-corrected chi connectivity index (χ0v) is 21.6. The van der Waals surface area contributed by atoms with Crippen LogP contribution in [-0.2, 0) is 22.7 Å². The number of carbonyl (C=O) groups is 3. The van der Waals surface area contributed by atoms with Gasteiger partial charge in [0.1, 0.15) is 23.4 Å². The number of imide groups is 1. The number of carbonyl (C=O) groups excluding carboxylic acids is 3. The molecule has 2 saturated heterocycles. The molecule has 0 aliphatic carbocycles. The molecule has 1 N–H and O–H groups in total. The quantitative estimate of drug-likeness (QED) is 0.468. The van der Waals surface area contributed by atoms with Crippen molar-refractivity contribution in [3.8, 4) is 11.5 Å². The van der Waals surface area contributed by atoms with Crippen LogP contribution >= 0.6 is 0 Å². The zero-order chi connectivity index (χ0) is 26.9. The first-order chi connectivity index (χ1) is 18.9. The number of para-hydroxylation sites is 1. The molecule has 1 unspecified atom stereocenters. The number of halogens is 1. The van der Waals surface area contributed by atoms with Crippen LogP contribution in [0.5, 0.6) is 11.5 Å². The van der Waals surface area contributed by atoms with Crippen molar-refractivity contribution in [3.63, 3.8) is 0 Å². The van der Waals surface area contributed by atoms with Crippen molar-refractivity contribution < 1.29 is 23.5 Å². The molecule has 3 heterocycles. The molecule has 0 bridgehead atoms. The molecule has 8 heteroatoms. The summed E-state index contributed by atoms with van der Waals surface area (Å²) in [4.78, 5) is 40.7. The SMILES string of the molecule is O=C1CCC(N2Cc3cc(C4CCN(Cc5cccc(Oc6ccccc6)c5)CC4)c(F)cc3C2=O)C(=O)N1. The fourth-order valence-electron chi connectivity index (χ4n) is 5.91. The summed E-state index contributed by atoms with van der Waals surface area (Å²) in [5.41, 5.74) is 2.87. The molecule has 0 radical (unpaired) electrons. The van der Waals surface area contributed by atoms with Gasteiger partial charge in [-0.05, 0) is 85.3 Å². The largest absolute Gasteiger partial charge is 0.457 e. The summed E-state index contributed by atoms with van der Waals surface area (Å²) < 4.78 is 21.2. The van der Waals surface area contributed by atoms with Gasteiger partial charge in [-0.25, -0.2) is 4.39 Å². The van der Waals surface area contributed by atoms with Crippen LogP contribution in [0.15, 0.2) is 66.7 Å². The second kappa shape index (κ2) is 10.6. The van der Waals surface area contributed by atoms with Gasteiger partial charge in [-0.2, -0.15) is 0 Å². The Morgan fingerprint density at radius 2 is 1.67 bits per heavy atom. The van der Waals surface area contributed by atoms with Gasteiger partial charge in [0.2, 0.25) is 11.8 Å². The fraction of sp³-hybridized carbons (Fsp3) is 0.323. The molecule has 39 heavy (non-hydrogen) atoms. The number of piperidine rings is 2. The Morgan fingerprint density at radius 1 is 0.897 bits per heavy atom. The first-order valence-electron chi connectivity index (χ1n) is 13.5. The van der Waals surface area contributed by atoms with E-state index >= 15 is 4.39 Å².